The standard InChI is InChI=1S/C12H11N3O2/c1-17-12(16)9-3-2-4-10(7-9)15-11-8-13-5-6-14-11/h2-8H,1H3,(H,14,15). The molecule has 0 radical (unpaired) electrons. The highest BCUT2D eigenvalue weighted by molar-refractivity contribution is 5.90. The number of carbonyl (C=O) groups is 1. The maximum Gasteiger partial charge on any atom is 0.337 e. The van der Waals surface area contributed by atoms with Crippen LogP contribution in [0.2, 0.25) is 0 Å². The quantitative estimate of drug-likeness (QED) is 0.815. The lowest BCUT2D eigenvalue weighted by molar-refractivity contribution is 0.0601. The van der Waals surface area contributed by atoms with E-state index in [1.54, 1.807) is 36.8 Å². The van der Waals surface area contributed by atoms with Crippen molar-refractivity contribution in [2.75, 3.05) is 12.4 Å². The predicted molar refractivity (Wildman–Crippen MR) is 63.1 cm³/mol. The van der Waals surface area contributed by atoms with Gasteiger partial charge >= 0.3 is 5.97 Å². The average molecular weight is 229 g/mol. The van der Waals surface area contributed by atoms with Crippen LogP contribution in [-0.2, 0) is 4.74 Å². The second-order valence-corrected chi connectivity index (χ2v) is 3.29. The van der Waals surface area contributed by atoms with E-state index in [9.17, 15) is 4.79 Å². The molecule has 2 rings (SSSR count). The Morgan fingerprint density at radius 2 is 2.24 bits per heavy atom. The van der Waals surface area contributed by atoms with Crippen molar-refractivity contribution < 1.29 is 9.53 Å². The Kier molecular flexibility index (Phi) is 3.30. The molecule has 1 aromatic heterocycles. The molecule has 17 heavy (non-hydrogen) atoms. The Balaban J connectivity index is 2.20. The number of anilines is 2. The third-order valence-corrected chi connectivity index (χ3v) is 2.12. The fraction of sp³-hybridized carbons (Fsp3) is 0.0833. The lowest BCUT2D eigenvalue weighted by atomic mass is 10.2. The molecule has 0 unspecified atom stereocenters. The summed E-state index contributed by atoms with van der Waals surface area (Å²) in [5, 5.41) is 3.04. The Labute approximate surface area is 98.5 Å². The summed E-state index contributed by atoms with van der Waals surface area (Å²) in [5.74, 6) is 0.252. The van der Waals surface area contributed by atoms with Gasteiger partial charge in [0.1, 0.15) is 5.82 Å². The monoisotopic (exact) mass is 229 g/mol. The SMILES string of the molecule is COC(=O)c1cccc(Nc2cnccn2)c1. The Morgan fingerprint density at radius 1 is 1.35 bits per heavy atom. The summed E-state index contributed by atoms with van der Waals surface area (Å²) in [4.78, 5) is 19.4. The highest BCUT2D eigenvalue weighted by Crippen LogP contribution is 2.15. The largest absolute Gasteiger partial charge is 0.465 e. The fourth-order valence-electron chi connectivity index (χ4n) is 1.35. The zero-order valence-corrected chi connectivity index (χ0v) is 9.25. The number of hydrogen-bond donors (Lipinski definition) is 1. The van der Waals surface area contributed by atoms with E-state index >= 15 is 0 Å². The molecule has 0 atom stereocenters. The van der Waals surface area contributed by atoms with Crippen molar-refractivity contribution in [3.63, 3.8) is 0 Å². The molecule has 0 spiro atoms. The van der Waals surface area contributed by atoms with E-state index in [4.69, 9.17) is 0 Å². The van der Waals surface area contributed by atoms with Crippen molar-refractivity contribution in [2.45, 2.75) is 0 Å². The third-order valence-electron chi connectivity index (χ3n) is 2.12. The van der Waals surface area contributed by atoms with Gasteiger partial charge in [-0.05, 0) is 18.2 Å². The van der Waals surface area contributed by atoms with Crippen molar-refractivity contribution in [3.05, 3.63) is 48.4 Å². The van der Waals surface area contributed by atoms with Crippen LogP contribution in [0.1, 0.15) is 10.4 Å². The molecule has 2 aromatic rings. The van der Waals surface area contributed by atoms with Crippen LogP contribution in [0.4, 0.5) is 11.5 Å². The number of ether oxygens (including phenoxy) is 1. The molecular weight excluding hydrogens is 218 g/mol. The first-order chi connectivity index (χ1) is 8.29. The van der Waals surface area contributed by atoms with Gasteiger partial charge in [0.05, 0.1) is 18.9 Å². The number of nitrogens with zero attached hydrogens (tertiary/aromatic N) is 2. The van der Waals surface area contributed by atoms with Crippen molar-refractivity contribution in [1.82, 2.24) is 9.97 Å². The van der Waals surface area contributed by atoms with Gasteiger partial charge in [0.15, 0.2) is 0 Å². The van der Waals surface area contributed by atoms with Crippen LogP contribution in [0.25, 0.3) is 0 Å². The summed E-state index contributed by atoms with van der Waals surface area (Å²) in [5.41, 5.74) is 1.25. The molecule has 5 heteroatoms. The number of nitrogens with one attached hydrogen (secondary N) is 1. The third kappa shape index (κ3) is 2.78. The molecule has 0 saturated carbocycles. The second-order valence-electron chi connectivity index (χ2n) is 3.29. The summed E-state index contributed by atoms with van der Waals surface area (Å²) in [6, 6.07) is 6.99. The molecule has 0 aliphatic rings. The van der Waals surface area contributed by atoms with Gasteiger partial charge in [0.25, 0.3) is 0 Å². The fourth-order valence-corrected chi connectivity index (χ4v) is 1.35. The Hall–Kier alpha value is -2.43. The lowest BCUT2D eigenvalue weighted by Crippen LogP contribution is -2.02. The van der Waals surface area contributed by atoms with Crippen LogP contribution in [0.3, 0.4) is 0 Å². The maximum atomic E-state index is 11.3. The summed E-state index contributed by atoms with van der Waals surface area (Å²) in [6.07, 6.45) is 4.79. The summed E-state index contributed by atoms with van der Waals surface area (Å²) >= 11 is 0. The number of carbonyl (C=O) groups excluding carboxylic acids is 1. The van der Waals surface area contributed by atoms with E-state index in [1.165, 1.54) is 7.11 Å². The van der Waals surface area contributed by atoms with Crippen LogP contribution >= 0.6 is 0 Å². The van der Waals surface area contributed by atoms with Crippen molar-refractivity contribution in [3.8, 4) is 0 Å². The minimum absolute atomic E-state index is 0.368. The number of methoxy groups -OCH3 is 1. The molecule has 0 bridgehead atoms. The molecule has 5 nitrogen and oxygen atoms in total. The highest BCUT2D eigenvalue weighted by Gasteiger charge is 2.05. The highest BCUT2D eigenvalue weighted by atomic mass is 16.5. The molecule has 0 saturated heterocycles. The molecule has 1 heterocycles. The number of hydrogen-bond acceptors (Lipinski definition) is 5. The zero-order valence-electron chi connectivity index (χ0n) is 9.25. The maximum absolute atomic E-state index is 11.3. The van der Waals surface area contributed by atoms with Crippen LogP contribution in [0.5, 0.6) is 0 Å². The molecule has 1 aromatic carbocycles. The van der Waals surface area contributed by atoms with Gasteiger partial charge in [-0.25, -0.2) is 9.78 Å². The van der Waals surface area contributed by atoms with E-state index in [0.29, 0.717) is 11.4 Å². The number of aromatic nitrogens is 2. The van der Waals surface area contributed by atoms with Crippen LogP contribution in [-0.4, -0.2) is 23.0 Å². The van der Waals surface area contributed by atoms with E-state index in [0.717, 1.165) is 5.69 Å². The van der Waals surface area contributed by atoms with Crippen molar-refractivity contribution >= 4 is 17.5 Å². The summed E-state index contributed by atoms with van der Waals surface area (Å²) < 4.78 is 4.65. The van der Waals surface area contributed by atoms with E-state index in [1.807, 2.05) is 6.07 Å². The molecule has 1 N–H and O–H groups in total. The minimum Gasteiger partial charge on any atom is -0.465 e. The average Bonchev–Trinajstić information content (AvgIpc) is 2.39. The second kappa shape index (κ2) is 5.07. The number of esters is 1. The van der Waals surface area contributed by atoms with Gasteiger partial charge < -0.3 is 10.1 Å². The normalized spacial score (nSPS) is 9.71. The van der Waals surface area contributed by atoms with Gasteiger partial charge in [0, 0.05) is 18.1 Å². The minimum atomic E-state index is -0.368. The molecule has 0 aliphatic carbocycles. The van der Waals surface area contributed by atoms with E-state index in [-0.39, 0.29) is 5.97 Å². The first-order valence-corrected chi connectivity index (χ1v) is 5.01. The zero-order chi connectivity index (χ0) is 12.1. The van der Waals surface area contributed by atoms with Gasteiger partial charge in [-0.3, -0.25) is 4.98 Å². The molecule has 0 fully saturated rings. The van der Waals surface area contributed by atoms with Gasteiger partial charge in [0.2, 0.25) is 0 Å². The molecular formula is C12H11N3O2. The van der Waals surface area contributed by atoms with Crippen LogP contribution in [0.15, 0.2) is 42.9 Å². The lowest BCUT2D eigenvalue weighted by Gasteiger charge is -2.06. The van der Waals surface area contributed by atoms with Gasteiger partial charge in [-0.15, -0.1) is 0 Å². The number of benzene rings is 1. The van der Waals surface area contributed by atoms with Crippen molar-refractivity contribution in [2.24, 2.45) is 0 Å². The molecule has 0 amide bonds. The Bertz CT molecular complexity index is 514. The Morgan fingerprint density at radius 3 is 2.94 bits per heavy atom. The van der Waals surface area contributed by atoms with Gasteiger partial charge in [-0.1, -0.05) is 6.07 Å². The summed E-state index contributed by atoms with van der Waals surface area (Å²) in [7, 11) is 1.35. The summed E-state index contributed by atoms with van der Waals surface area (Å²) in [6.45, 7) is 0. The van der Waals surface area contributed by atoms with E-state index < -0.39 is 0 Å². The van der Waals surface area contributed by atoms with Crippen molar-refractivity contribution in [1.29, 1.82) is 0 Å². The van der Waals surface area contributed by atoms with E-state index in [2.05, 4.69) is 20.0 Å². The molecule has 86 valence electrons. The first-order valence-electron chi connectivity index (χ1n) is 5.01. The van der Waals surface area contributed by atoms with Crippen LogP contribution < -0.4 is 5.32 Å². The van der Waals surface area contributed by atoms with Crippen LogP contribution in [0, 0.1) is 0 Å². The smallest absolute Gasteiger partial charge is 0.337 e. The number of rotatable bonds is 3. The predicted octanol–water partition coefficient (Wildman–Crippen LogP) is 2.01. The van der Waals surface area contributed by atoms with Gasteiger partial charge in [-0.2, -0.15) is 0 Å². The first kappa shape index (κ1) is 11.1. The molecule has 0 aliphatic heterocycles. The topological polar surface area (TPSA) is 64.1 Å².